The maximum atomic E-state index is 11.5. The second kappa shape index (κ2) is 6.43. The number of carbonyl (C=O) groups is 1. The zero-order valence-electron chi connectivity index (χ0n) is 11.3. The van der Waals surface area contributed by atoms with E-state index in [-0.39, 0.29) is 5.69 Å². The predicted octanol–water partition coefficient (Wildman–Crippen LogP) is 3.14. The van der Waals surface area contributed by atoms with Gasteiger partial charge in [-0.15, -0.1) is 0 Å². The van der Waals surface area contributed by atoms with Gasteiger partial charge in [-0.05, 0) is 18.6 Å². The normalized spacial score (nSPS) is 10.3. The smallest absolute Gasteiger partial charge is 0.360 e. The summed E-state index contributed by atoms with van der Waals surface area (Å²) in [5, 5.41) is 0.677. The summed E-state index contributed by atoms with van der Waals surface area (Å²) in [4.78, 5) is 17.4. The zero-order chi connectivity index (χ0) is 14.5. The molecule has 2 aromatic rings. The Morgan fingerprint density at radius 3 is 2.90 bits per heavy atom. The number of nitrogens with zero attached hydrogens (tertiary/aromatic N) is 2. The predicted molar refractivity (Wildman–Crippen MR) is 76.0 cm³/mol. The van der Waals surface area contributed by atoms with Crippen molar-refractivity contribution in [3.8, 4) is 0 Å². The molecule has 0 unspecified atom stereocenters. The Bertz CT molecular complexity index is 598. The van der Waals surface area contributed by atoms with Gasteiger partial charge in [-0.1, -0.05) is 29.8 Å². The topological polar surface area (TPSA) is 55.6 Å². The highest BCUT2D eigenvalue weighted by atomic mass is 35.5. The Labute approximate surface area is 122 Å². The zero-order valence-corrected chi connectivity index (χ0v) is 12.1. The van der Waals surface area contributed by atoms with Gasteiger partial charge in [0.05, 0.1) is 6.61 Å². The number of ether oxygens (including phenoxy) is 1. The number of benzene rings is 1. The molecule has 6 heteroatoms. The lowest BCUT2D eigenvalue weighted by Gasteiger charge is -2.15. The highest BCUT2D eigenvalue weighted by Crippen LogP contribution is 2.20. The number of anilines is 1. The minimum Gasteiger partial charge on any atom is -0.461 e. The average molecular weight is 295 g/mol. The van der Waals surface area contributed by atoms with Gasteiger partial charge in [0.25, 0.3) is 6.01 Å². The van der Waals surface area contributed by atoms with Crippen LogP contribution in [0.25, 0.3) is 0 Å². The lowest BCUT2D eigenvalue weighted by atomic mass is 10.2. The van der Waals surface area contributed by atoms with Crippen molar-refractivity contribution in [2.24, 2.45) is 0 Å². The van der Waals surface area contributed by atoms with Crippen LogP contribution in [0, 0.1) is 0 Å². The summed E-state index contributed by atoms with van der Waals surface area (Å²) in [7, 11) is 1.81. The summed E-state index contributed by atoms with van der Waals surface area (Å²) in [5.74, 6) is -0.492. The number of hydrogen-bond donors (Lipinski definition) is 0. The Morgan fingerprint density at radius 2 is 2.20 bits per heavy atom. The standard InChI is InChI=1S/C14H15ClN2O3/c1-3-19-13(18)12-9-20-14(16-12)17(2)8-10-6-4-5-7-11(10)15/h4-7,9H,3,8H2,1-2H3. The SMILES string of the molecule is CCOC(=O)c1coc(N(C)Cc2ccccc2Cl)n1. The van der Waals surface area contributed by atoms with Gasteiger partial charge in [-0.3, -0.25) is 0 Å². The first kappa shape index (κ1) is 14.4. The largest absolute Gasteiger partial charge is 0.461 e. The minimum atomic E-state index is -0.492. The number of oxazole rings is 1. The number of hydrogen-bond acceptors (Lipinski definition) is 5. The van der Waals surface area contributed by atoms with Crippen molar-refractivity contribution in [2.45, 2.75) is 13.5 Å². The first-order valence-corrected chi connectivity index (χ1v) is 6.56. The van der Waals surface area contributed by atoms with Gasteiger partial charge in [-0.25, -0.2) is 4.79 Å². The third-order valence-corrected chi connectivity index (χ3v) is 3.04. The number of halogens is 1. The first-order valence-electron chi connectivity index (χ1n) is 6.19. The van der Waals surface area contributed by atoms with Crippen molar-refractivity contribution < 1.29 is 13.9 Å². The molecule has 5 nitrogen and oxygen atoms in total. The van der Waals surface area contributed by atoms with Crippen LogP contribution in [0.15, 0.2) is 34.9 Å². The highest BCUT2D eigenvalue weighted by Gasteiger charge is 2.16. The van der Waals surface area contributed by atoms with E-state index in [1.807, 2.05) is 31.3 Å². The summed E-state index contributed by atoms with van der Waals surface area (Å²) in [6, 6.07) is 7.87. The Hall–Kier alpha value is -2.01. The number of aromatic nitrogens is 1. The van der Waals surface area contributed by atoms with E-state index in [2.05, 4.69) is 4.98 Å². The van der Waals surface area contributed by atoms with Gasteiger partial charge in [0.15, 0.2) is 5.69 Å². The van der Waals surface area contributed by atoms with E-state index < -0.39 is 5.97 Å². The number of carbonyl (C=O) groups excluding carboxylic acids is 1. The molecule has 1 aromatic heterocycles. The van der Waals surface area contributed by atoms with Crippen LogP contribution in [0.5, 0.6) is 0 Å². The average Bonchev–Trinajstić information content (AvgIpc) is 2.91. The minimum absolute atomic E-state index is 0.160. The highest BCUT2D eigenvalue weighted by molar-refractivity contribution is 6.31. The second-order valence-electron chi connectivity index (χ2n) is 4.18. The fourth-order valence-corrected chi connectivity index (χ4v) is 1.88. The molecule has 106 valence electrons. The summed E-state index contributed by atoms with van der Waals surface area (Å²) in [6.45, 7) is 2.57. The quantitative estimate of drug-likeness (QED) is 0.793. The summed E-state index contributed by atoms with van der Waals surface area (Å²) < 4.78 is 10.1. The Kier molecular flexibility index (Phi) is 4.63. The Balaban J connectivity index is 2.08. The van der Waals surface area contributed by atoms with Gasteiger partial charge in [0.1, 0.15) is 6.26 Å². The fourth-order valence-electron chi connectivity index (χ4n) is 1.69. The molecule has 1 aromatic carbocycles. The van der Waals surface area contributed by atoms with Gasteiger partial charge < -0.3 is 14.1 Å². The molecule has 0 aliphatic rings. The third kappa shape index (κ3) is 3.30. The molecule has 0 saturated heterocycles. The van der Waals surface area contributed by atoms with Crippen LogP contribution in [0.4, 0.5) is 6.01 Å². The van der Waals surface area contributed by atoms with E-state index >= 15 is 0 Å². The first-order chi connectivity index (χ1) is 9.61. The lowest BCUT2D eigenvalue weighted by Crippen LogP contribution is -2.17. The molecule has 0 amide bonds. The summed E-state index contributed by atoms with van der Waals surface area (Å²) >= 11 is 6.10. The molecule has 0 atom stereocenters. The monoisotopic (exact) mass is 294 g/mol. The molecule has 0 aliphatic heterocycles. The lowest BCUT2D eigenvalue weighted by molar-refractivity contribution is 0.0519. The molecule has 0 fully saturated rings. The van der Waals surface area contributed by atoms with E-state index in [9.17, 15) is 4.79 Å². The van der Waals surface area contributed by atoms with Gasteiger partial charge in [-0.2, -0.15) is 4.98 Å². The maximum absolute atomic E-state index is 11.5. The van der Waals surface area contributed by atoms with Crippen LogP contribution in [0.2, 0.25) is 5.02 Å². The molecule has 0 spiro atoms. The molecule has 2 rings (SSSR count). The van der Waals surface area contributed by atoms with Crippen LogP contribution >= 0.6 is 11.6 Å². The molecule has 0 radical (unpaired) electrons. The van der Waals surface area contributed by atoms with Gasteiger partial charge >= 0.3 is 5.97 Å². The summed E-state index contributed by atoms with van der Waals surface area (Å²) in [5.41, 5.74) is 1.11. The van der Waals surface area contributed by atoms with Crippen molar-refractivity contribution in [1.82, 2.24) is 4.98 Å². The van der Waals surface area contributed by atoms with Crippen molar-refractivity contribution in [1.29, 1.82) is 0 Å². The van der Waals surface area contributed by atoms with Crippen molar-refractivity contribution in [2.75, 3.05) is 18.6 Å². The maximum Gasteiger partial charge on any atom is 0.360 e. The number of esters is 1. The van der Waals surface area contributed by atoms with E-state index in [4.69, 9.17) is 20.8 Å². The van der Waals surface area contributed by atoms with E-state index in [1.165, 1.54) is 6.26 Å². The Morgan fingerprint density at radius 1 is 1.45 bits per heavy atom. The molecule has 20 heavy (non-hydrogen) atoms. The molecule has 1 heterocycles. The van der Waals surface area contributed by atoms with Crippen LogP contribution < -0.4 is 4.90 Å². The molecular weight excluding hydrogens is 280 g/mol. The molecule has 0 aliphatic carbocycles. The van der Waals surface area contributed by atoms with Crippen LogP contribution in [-0.2, 0) is 11.3 Å². The number of rotatable bonds is 5. The van der Waals surface area contributed by atoms with E-state index in [0.717, 1.165) is 5.56 Å². The molecule has 0 N–H and O–H groups in total. The fraction of sp³-hybridized carbons (Fsp3) is 0.286. The second-order valence-corrected chi connectivity index (χ2v) is 4.59. The summed E-state index contributed by atoms with van der Waals surface area (Å²) in [6.07, 6.45) is 1.29. The van der Waals surface area contributed by atoms with Crippen LogP contribution in [-0.4, -0.2) is 24.6 Å². The van der Waals surface area contributed by atoms with Gasteiger partial charge in [0.2, 0.25) is 0 Å². The van der Waals surface area contributed by atoms with Crippen LogP contribution in [0.1, 0.15) is 23.0 Å². The van der Waals surface area contributed by atoms with Crippen molar-refractivity contribution in [3.63, 3.8) is 0 Å². The van der Waals surface area contributed by atoms with Crippen molar-refractivity contribution >= 4 is 23.6 Å². The van der Waals surface area contributed by atoms with Crippen molar-refractivity contribution in [3.05, 3.63) is 46.8 Å². The molecule has 0 saturated carbocycles. The molecular formula is C14H15ClN2O3. The van der Waals surface area contributed by atoms with Crippen LogP contribution in [0.3, 0.4) is 0 Å². The third-order valence-electron chi connectivity index (χ3n) is 2.67. The van der Waals surface area contributed by atoms with Gasteiger partial charge in [0, 0.05) is 18.6 Å². The molecule has 0 bridgehead atoms. The van der Waals surface area contributed by atoms with E-state index in [0.29, 0.717) is 24.2 Å². The van der Waals surface area contributed by atoms with E-state index in [1.54, 1.807) is 11.8 Å².